The number of hydrogen-bond donors (Lipinski definition) is 0. The van der Waals surface area contributed by atoms with Gasteiger partial charge in [-0.2, -0.15) is 4.99 Å². The third-order valence-electron chi connectivity index (χ3n) is 4.47. The lowest BCUT2D eigenvalue weighted by molar-refractivity contribution is -0.419. The molecule has 0 aromatic carbocycles. The smallest absolute Gasteiger partial charge is 0.410 e. The zero-order valence-electron chi connectivity index (χ0n) is 15.1. The Hall–Kier alpha value is -2.71. The number of nitrogens with zero attached hydrogens (tertiary/aromatic N) is 4. The van der Waals surface area contributed by atoms with E-state index in [9.17, 15) is 19.7 Å². The summed E-state index contributed by atoms with van der Waals surface area (Å²) < 4.78 is 5.38. The number of piperidine rings is 1. The molecule has 1 fully saturated rings. The standard InChI is InChI=1S/C17H22N4O5/c1-17(2,3)26-16(23)19-8-6-11(7-9-19)20-14-10-12(21(24)25)4-5-13(14)18-15(20)22/h4,10-11H,5-9H2,1-3H3. The molecule has 0 unspecified atom stereocenters. The highest BCUT2D eigenvalue weighted by Crippen LogP contribution is 2.31. The molecule has 3 amide bonds. The molecule has 0 spiro atoms. The van der Waals surface area contributed by atoms with Crippen LogP contribution in [0.4, 0.5) is 9.59 Å². The molecule has 0 N–H and O–H groups in total. The fraction of sp³-hybridized carbons (Fsp3) is 0.588. The van der Waals surface area contributed by atoms with Crippen LogP contribution in [0.1, 0.15) is 40.0 Å². The predicted octanol–water partition coefficient (Wildman–Crippen LogP) is 2.71. The molecular weight excluding hydrogens is 340 g/mol. The van der Waals surface area contributed by atoms with Crippen molar-refractivity contribution in [1.82, 2.24) is 9.80 Å². The van der Waals surface area contributed by atoms with Gasteiger partial charge in [0.15, 0.2) is 0 Å². The SMILES string of the molecule is CC(C)(C)OC(=O)N1CCC(N2C(=O)N=C3CC=C([N+](=O)[O-])C=C32)CC1. The number of nitro groups is 1. The minimum absolute atomic E-state index is 0.0233. The average molecular weight is 362 g/mol. The highest BCUT2D eigenvalue weighted by molar-refractivity contribution is 6.14. The normalized spacial score (nSPS) is 21.0. The van der Waals surface area contributed by atoms with Gasteiger partial charge in [-0.05, 0) is 39.7 Å². The Balaban J connectivity index is 1.68. The van der Waals surface area contributed by atoms with Gasteiger partial charge in [0, 0.05) is 31.6 Å². The van der Waals surface area contributed by atoms with E-state index in [-0.39, 0.29) is 30.3 Å². The van der Waals surface area contributed by atoms with Crippen LogP contribution in [0.25, 0.3) is 0 Å². The molecule has 2 aliphatic heterocycles. The number of ether oxygens (including phenoxy) is 1. The van der Waals surface area contributed by atoms with Crippen molar-refractivity contribution in [3.8, 4) is 0 Å². The average Bonchev–Trinajstić information content (AvgIpc) is 2.88. The Kier molecular flexibility index (Phi) is 4.55. The van der Waals surface area contributed by atoms with Crippen molar-refractivity contribution < 1.29 is 19.2 Å². The summed E-state index contributed by atoms with van der Waals surface area (Å²) in [5.41, 5.74) is 0.500. The van der Waals surface area contributed by atoms with Crippen LogP contribution in [0.3, 0.4) is 0 Å². The molecule has 9 heteroatoms. The predicted molar refractivity (Wildman–Crippen MR) is 93.3 cm³/mol. The highest BCUT2D eigenvalue weighted by Gasteiger charge is 2.39. The lowest BCUT2D eigenvalue weighted by Gasteiger charge is -2.37. The van der Waals surface area contributed by atoms with E-state index in [1.807, 2.05) is 20.8 Å². The quantitative estimate of drug-likeness (QED) is 0.555. The number of likely N-dealkylation sites (tertiary alicyclic amines) is 1. The van der Waals surface area contributed by atoms with Gasteiger partial charge in [0.1, 0.15) is 5.60 Å². The number of fused-ring (bicyclic) bond motifs is 1. The van der Waals surface area contributed by atoms with Gasteiger partial charge in [0.05, 0.1) is 16.3 Å². The van der Waals surface area contributed by atoms with Crippen molar-refractivity contribution in [3.63, 3.8) is 0 Å². The Morgan fingerprint density at radius 3 is 2.58 bits per heavy atom. The first-order valence-corrected chi connectivity index (χ1v) is 8.61. The molecular formula is C17H22N4O5. The van der Waals surface area contributed by atoms with Crippen molar-refractivity contribution in [2.75, 3.05) is 13.1 Å². The zero-order valence-corrected chi connectivity index (χ0v) is 15.1. The number of amides is 3. The van der Waals surface area contributed by atoms with Gasteiger partial charge >= 0.3 is 12.1 Å². The minimum atomic E-state index is -0.556. The highest BCUT2D eigenvalue weighted by atomic mass is 16.6. The summed E-state index contributed by atoms with van der Waals surface area (Å²) in [6.45, 7) is 6.37. The molecule has 140 valence electrons. The molecule has 0 aromatic heterocycles. The molecule has 26 heavy (non-hydrogen) atoms. The van der Waals surface area contributed by atoms with Gasteiger partial charge in [-0.3, -0.25) is 15.0 Å². The van der Waals surface area contributed by atoms with Crippen molar-refractivity contribution in [1.29, 1.82) is 0 Å². The third-order valence-corrected chi connectivity index (χ3v) is 4.47. The topological polar surface area (TPSA) is 105 Å². The summed E-state index contributed by atoms with van der Waals surface area (Å²) in [7, 11) is 0. The maximum absolute atomic E-state index is 12.3. The number of carbonyl (C=O) groups excluding carboxylic acids is 2. The third kappa shape index (κ3) is 3.61. The molecule has 0 atom stereocenters. The summed E-state index contributed by atoms with van der Waals surface area (Å²) in [6, 6.07) is -0.528. The van der Waals surface area contributed by atoms with Crippen LogP contribution in [0.5, 0.6) is 0 Å². The van der Waals surface area contributed by atoms with E-state index in [4.69, 9.17) is 4.74 Å². The Morgan fingerprint density at radius 2 is 2.00 bits per heavy atom. The lowest BCUT2D eigenvalue weighted by atomic mass is 10.00. The molecule has 1 aliphatic carbocycles. The molecule has 0 aromatic rings. The second kappa shape index (κ2) is 6.54. The van der Waals surface area contributed by atoms with Crippen molar-refractivity contribution in [2.24, 2.45) is 4.99 Å². The van der Waals surface area contributed by atoms with Gasteiger partial charge in [-0.25, -0.2) is 9.59 Å². The van der Waals surface area contributed by atoms with Crippen LogP contribution in [-0.4, -0.2) is 57.3 Å². The Bertz CT molecular complexity index is 739. The number of rotatable bonds is 2. The molecule has 0 saturated carbocycles. The van der Waals surface area contributed by atoms with Crippen LogP contribution >= 0.6 is 0 Å². The molecule has 9 nitrogen and oxygen atoms in total. The second-order valence-electron chi connectivity index (χ2n) is 7.53. The number of carbonyl (C=O) groups is 2. The van der Waals surface area contributed by atoms with Crippen molar-refractivity contribution in [2.45, 2.75) is 51.7 Å². The molecule has 0 bridgehead atoms. The second-order valence-corrected chi connectivity index (χ2v) is 7.53. The van der Waals surface area contributed by atoms with Crippen LogP contribution < -0.4 is 0 Å². The number of aliphatic imine (C=N–C) groups is 1. The molecule has 0 radical (unpaired) electrons. The van der Waals surface area contributed by atoms with E-state index in [0.29, 0.717) is 37.3 Å². The van der Waals surface area contributed by atoms with E-state index in [1.165, 1.54) is 17.1 Å². The van der Waals surface area contributed by atoms with Gasteiger partial charge in [-0.15, -0.1) is 0 Å². The Labute approximate surface area is 151 Å². The summed E-state index contributed by atoms with van der Waals surface area (Å²) >= 11 is 0. The first kappa shape index (κ1) is 18.1. The monoisotopic (exact) mass is 362 g/mol. The van der Waals surface area contributed by atoms with Crippen LogP contribution in [0.15, 0.2) is 28.5 Å². The van der Waals surface area contributed by atoms with Gasteiger partial charge in [-0.1, -0.05) is 0 Å². The van der Waals surface area contributed by atoms with Crippen LogP contribution in [-0.2, 0) is 4.74 Å². The van der Waals surface area contributed by atoms with Crippen molar-refractivity contribution in [3.05, 3.63) is 33.7 Å². The Morgan fingerprint density at radius 1 is 1.35 bits per heavy atom. The fourth-order valence-electron chi connectivity index (χ4n) is 3.29. The molecule has 3 rings (SSSR count). The molecule has 3 aliphatic rings. The molecule has 2 heterocycles. The maximum Gasteiger partial charge on any atom is 0.410 e. The first-order chi connectivity index (χ1) is 12.2. The number of allylic oxidation sites excluding steroid dienone is 3. The van der Waals surface area contributed by atoms with Crippen LogP contribution in [0.2, 0.25) is 0 Å². The van der Waals surface area contributed by atoms with Gasteiger partial charge in [0.2, 0.25) is 0 Å². The summed E-state index contributed by atoms with van der Waals surface area (Å²) in [5, 5.41) is 11.0. The van der Waals surface area contributed by atoms with Crippen molar-refractivity contribution >= 4 is 17.8 Å². The minimum Gasteiger partial charge on any atom is -0.444 e. The van der Waals surface area contributed by atoms with E-state index < -0.39 is 10.5 Å². The summed E-state index contributed by atoms with van der Waals surface area (Å²) in [5.74, 6) is 0. The van der Waals surface area contributed by atoms with E-state index in [0.717, 1.165) is 0 Å². The molecule has 1 saturated heterocycles. The van der Waals surface area contributed by atoms with E-state index in [2.05, 4.69) is 4.99 Å². The maximum atomic E-state index is 12.3. The summed E-state index contributed by atoms with van der Waals surface area (Å²) in [4.78, 5) is 42.2. The zero-order chi connectivity index (χ0) is 19.1. The van der Waals surface area contributed by atoms with E-state index >= 15 is 0 Å². The first-order valence-electron chi connectivity index (χ1n) is 8.61. The van der Waals surface area contributed by atoms with Crippen LogP contribution in [0, 0.1) is 10.1 Å². The van der Waals surface area contributed by atoms with Gasteiger partial charge in [0.25, 0.3) is 5.70 Å². The fourth-order valence-corrected chi connectivity index (χ4v) is 3.29. The largest absolute Gasteiger partial charge is 0.444 e. The summed E-state index contributed by atoms with van der Waals surface area (Å²) in [6.07, 6.45) is 3.93. The number of urea groups is 1. The van der Waals surface area contributed by atoms with E-state index in [1.54, 1.807) is 4.90 Å². The van der Waals surface area contributed by atoms with Gasteiger partial charge < -0.3 is 9.64 Å². The lowest BCUT2D eigenvalue weighted by Crippen LogP contribution is -2.48. The number of hydrogen-bond acceptors (Lipinski definition) is 5.